The smallest absolute Gasteiger partial charge is 0.335 e. The van der Waals surface area contributed by atoms with Crippen molar-refractivity contribution in [2.75, 3.05) is 29.5 Å². The molecule has 0 bridgehead atoms. The fourth-order valence-corrected chi connectivity index (χ4v) is 8.60. The topological polar surface area (TPSA) is 88.2 Å². The van der Waals surface area contributed by atoms with E-state index in [1.807, 2.05) is 55.5 Å². The molecule has 3 aliphatic heterocycles. The first kappa shape index (κ1) is 35.1. The summed E-state index contributed by atoms with van der Waals surface area (Å²) in [7, 11) is 0. The number of barbiturate groups is 1. The van der Waals surface area contributed by atoms with Gasteiger partial charge in [-0.2, -0.15) is 0 Å². The predicted molar refractivity (Wildman–Crippen MR) is 219 cm³/mol. The molecule has 0 radical (unpaired) electrons. The van der Waals surface area contributed by atoms with Gasteiger partial charge in [0.05, 0.1) is 12.3 Å². The zero-order chi connectivity index (χ0) is 38.2. The van der Waals surface area contributed by atoms with Crippen LogP contribution in [-0.4, -0.2) is 37.5 Å². The van der Waals surface area contributed by atoms with Gasteiger partial charge in [0.1, 0.15) is 12.2 Å². The molecule has 0 unspecified atom stereocenters. The minimum Gasteiger partial charge on any atom is -0.490 e. The molecule has 6 aromatic carbocycles. The number of imide groups is 2. The van der Waals surface area contributed by atoms with Crippen LogP contribution < -0.4 is 24.6 Å². The molecule has 3 aliphatic rings. The molecular formula is C48H41N3O5. The zero-order valence-corrected chi connectivity index (χ0v) is 31.1. The SMILES string of the molecule is CCOc1cc(/C=C2\C(=O)NC(=O)N(c3cc4c5c(c3)[C@H](c3ccccc3)CCN5CC[C@H]4c3ccccc3)C2=O)ccc1OCc1cccc2ccccc12. The van der Waals surface area contributed by atoms with Gasteiger partial charge in [0.15, 0.2) is 11.5 Å². The van der Waals surface area contributed by atoms with Gasteiger partial charge in [-0.1, -0.05) is 109 Å². The number of anilines is 2. The molecule has 1 saturated heterocycles. The minimum atomic E-state index is -0.771. The first-order valence-electron chi connectivity index (χ1n) is 19.3. The number of hydrogen-bond donors (Lipinski definition) is 1. The van der Waals surface area contributed by atoms with Crippen LogP contribution in [0.5, 0.6) is 11.5 Å². The highest BCUT2D eigenvalue weighted by atomic mass is 16.5. The molecule has 0 aromatic heterocycles. The lowest BCUT2D eigenvalue weighted by molar-refractivity contribution is -0.122. The van der Waals surface area contributed by atoms with E-state index in [9.17, 15) is 14.4 Å². The van der Waals surface area contributed by atoms with Crippen molar-refractivity contribution in [1.29, 1.82) is 0 Å². The third kappa shape index (κ3) is 6.47. The molecule has 8 nitrogen and oxygen atoms in total. The van der Waals surface area contributed by atoms with E-state index < -0.39 is 17.8 Å². The Morgan fingerprint density at radius 2 is 1.34 bits per heavy atom. The Kier molecular flexibility index (Phi) is 9.31. The number of fused-ring (bicyclic) bond motifs is 1. The van der Waals surface area contributed by atoms with Crippen molar-refractivity contribution in [3.05, 3.63) is 172 Å². The van der Waals surface area contributed by atoms with Gasteiger partial charge < -0.3 is 14.4 Å². The van der Waals surface area contributed by atoms with Crippen LogP contribution in [0.3, 0.4) is 0 Å². The summed E-state index contributed by atoms with van der Waals surface area (Å²) in [5.74, 6) is -0.259. The molecule has 8 heteroatoms. The summed E-state index contributed by atoms with van der Waals surface area (Å²) in [5.41, 5.74) is 7.61. The van der Waals surface area contributed by atoms with E-state index in [4.69, 9.17) is 9.47 Å². The molecule has 1 N–H and O–H groups in total. The van der Waals surface area contributed by atoms with Crippen LogP contribution in [0.4, 0.5) is 16.2 Å². The van der Waals surface area contributed by atoms with Gasteiger partial charge in [-0.15, -0.1) is 0 Å². The highest BCUT2D eigenvalue weighted by Gasteiger charge is 2.40. The summed E-state index contributed by atoms with van der Waals surface area (Å²) in [4.78, 5) is 45.2. The van der Waals surface area contributed by atoms with E-state index in [0.717, 1.165) is 58.3 Å². The van der Waals surface area contributed by atoms with Gasteiger partial charge in [0.2, 0.25) is 0 Å². The average Bonchev–Trinajstić information content (AvgIpc) is 3.23. The van der Waals surface area contributed by atoms with Gasteiger partial charge >= 0.3 is 6.03 Å². The van der Waals surface area contributed by atoms with E-state index in [-0.39, 0.29) is 17.4 Å². The van der Waals surface area contributed by atoms with Crippen molar-refractivity contribution in [2.45, 2.75) is 38.2 Å². The summed E-state index contributed by atoms with van der Waals surface area (Å²) in [5, 5.41) is 4.70. The van der Waals surface area contributed by atoms with Crippen LogP contribution in [-0.2, 0) is 16.2 Å². The molecule has 0 saturated carbocycles. The largest absolute Gasteiger partial charge is 0.490 e. The second kappa shape index (κ2) is 14.9. The maximum absolute atomic E-state index is 14.5. The molecule has 278 valence electrons. The van der Waals surface area contributed by atoms with Crippen molar-refractivity contribution in [3.63, 3.8) is 0 Å². The minimum absolute atomic E-state index is 0.0774. The third-order valence-electron chi connectivity index (χ3n) is 11.2. The lowest BCUT2D eigenvalue weighted by Gasteiger charge is -2.44. The van der Waals surface area contributed by atoms with Crippen LogP contribution >= 0.6 is 0 Å². The van der Waals surface area contributed by atoms with Crippen molar-refractivity contribution >= 4 is 46.1 Å². The number of carbonyl (C=O) groups is 3. The summed E-state index contributed by atoms with van der Waals surface area (Å²) in [6.45, 7) is 4.44. The van der Waals surface area contributed by atoms with Crippen LogP contribution in [0.15, 0.2) is 139 Å². The fraction of sp³-hybridized carbons (Fsp3) is 0.188. The highest BCUT2D eigenvalue weighted by Crippen LogP contribution is 2.50. The Labute approximate surface area is 326 Å². The molecule has 1 fully saturated rings. The van der Waals surface area contributed by atoms with Crippen LogP contribution in [0.1, 0.15) is 65.0 Å². The lowest BCUT2D eigenvalue weighted by Crippen LogP contribution is -2.54. The van der Waals surface area contributed by atoms with Gasteiger partial charge in [0, 0.05) is 30.6 Å². The number of urea groups is 1. The molecule has 0 spiro atoms. The Balaban J connectivity index is 1.08. The third-order valence-corrected chi connectivity index (χ3v) is 11.2. The summed E-state index contributed by atoms with van der Waals surface area (Å²) in [6.07, 6.45) is 3.32. The molecular weight excluding hydrogens is 699 g/mol. The van der Waals surface area contributed by atoms with Gasteiger partial charge in [-0.05, 0) is 94.3 Å². The standard InChI is InChI=1S/C48H41N3O5/c1-2-55-44-27-31(20-21-43(44)56-30-35-18-11-17-32-16-9-10-19-37(32)35)26-42-46(52)49-48(54)51(47(42)53)36-28-40-38(33-12-5-3-6-13-33)22-24-50-25-23-39(41(29-36)45(40)50)34-14-7-4-8-15-34/h3-21,26-29,38-39H,2,22-25,30H2,1H3,(H,49,52,54)/b42-26+/t38-,39-/m0/s1. The quantitative estimate of drug-likeness (QED) is 0.118. The number of carbonyl (C=O) groups excluding carboxylic acids is 3. The van der Waals surface area contributed by atoms with Crippen LogP contribution in [0.25, 0.3) is 16.8 Å². The Hall–Kier alpha value is -6.67. The molecule has 56 heavy (non-hydrogen) atoms. The molecule has 6 aromatic rings. The number of nitrogens with one attached hydrogen (secondary N) is 1. The van der Waals surface area contributed by atoms with E-state index >= 15 is 0 Å². The molecule has 9 rings (SSSR count). The predicted octanol–water partition coefficient (Wildman–Crippen LogP) is 9.36. The zero-order valence-electron chi connectivity index (χ0n) is 31.1. The molecule has 2 atom stereocenters. The maximum atomic E-state index is 14.5. The lowest BCUT2D eigenvalue weighted by atomic mass is 9.76. The van der Waals surface area contributed by atoms with Gasteiger partial charge in [-0.25, -0.2) is 9.69 Å². The van der Waals surface area contributed by atoms with Gasteiger partial charge in [0.25, 0.3) is 11.8 Å². The molecule has 4 amide bonds. The second-order valence-corrected chi connectivity index (χ2v) is 14.5. The summed E-state index contributed by atoms with van der Waals surface area (Å²) < 4.78 is 12.3. The number of hydrogen-bond acceptors (Lipinski definition) is 6. The van der Waals surface area contributed by atoms with E-state index in [1.165, 1.54) is 22.9 Å². The van der Waals surface area contributed by atoms with Gasteiger partial charge in [-0.3, -0.25) is 14.9 Å². The normalized spacial score (nSPS) is 18.5. The number of ether oxygens (including phenoxy) is 2. The molecule has 3 heterocycles. The van der Waals surface area contributed by atoms with Crippen molar-refractivity contribution in [2.24, 2.45) is 0 Å². The highest BCUT2D eigenvalue weighted by molar-refractivity contribution is 6.39. The van der Waals surface area contributed by atoms with Crippen molar-refractivity contribution in [3.8, 4) is 11.5 Å². The fourth-order valence-electron chi connectivity index (χ4n) is 8.60. The number of nitrogens with zero attached hydrogens (tertiary/aromatic N) is 2. The van der Waals surface area contributed by atoms with Crippen LogP contribution in [0.2, 0.25) is 0 Å². The summed E-state index contributed by atoms with van der Waals surface area (Å²) >= 11 is 0. The Morgan fingerprint density at radius 1 is 0.696 bits per heavy atom. The number of benzene rings is 6. The average molecular weight is 740 g/mol. The van der Waals surface area contributed by atoms with E-state index in [2.05, 4.69) is 76.9 Å². The molecule has 0 aliphatic carbocycles. The Morgan fingerprint density at radius 3 is 2.02 bits per heavy atom. The van der Waals surface area contributed by atoms with Crippen molar-refractivity contribution < 1.29 is 23.9 Å². The first-order chi connectivity index (χ1) is 27.5. The number of amides is 4. The van der Waals surface area contributed by atoms with Crippen molar-refractivity contribution in [1.82, 2.24) is 5.32 Å². The van der Waals surface area contributed by atoms with Crippen LogP contribution in [0, 0.1) is 0 Å². The monoisotopic (exact) mass is 739 g/mol. The second-order valence-electron chi connectivity index (χ2n) is 14.5. The van der Waals surface area contributed by atoms with E-state index in [0.29, 0.717) is 36.0 Å². The first-order valence-corrected chi connectivity index (χ1v) is 19.3. The van der Waals surface area contributed by atoms with E-state index in [1.54, 1.807) is 18.2 Å². The Bertz CT molecular complexity index is 2440. The number of rotatable bonds is 9. The maximum Gasteiger partial charge on any atom is 0.335 e. The summed E-state index contributed by atoms with van der Waals surface area (Å²) in [6, 6.07) is 43.6.